The summed E-state index contributed by atoms with van der Waals surface area (Å²) >= 11 is 0. The molecule has 0 spiro atoms. The van der Waals surface area contributed by atoms with Crippen molar-refractivity contribution < 1.29 is 45.3 Å². The monoisotopic (exact) mass is 309 g/mol. The molecule has 0 bridgehead atoms. The highest BCUT2D eigenvalue weighted by atomic mass is 16.4. The highest BCUT2D eigenvalue weighted by Gasteiger charge is 2.35. The molecule has 10 nitrogen and oxygen atoms in total. The highest BCUT2D eigenvalue weighted by molar-refractivity contribution is 5.83. The van der Waals surface area contributed by atoms with Crippen molar-refractivity contribution in [2.45, 2.75) is 37.4 Å². The largest absolute Gasteiger partial charge is 0.502 e. The van der Waals surface area contributed by atoms with E-state index in [0.29, 0.717) is 6.08 Å². The number of hydrogen-bond acceptors (Lipinski definition) is 8. The fraction of sp³-hybridized carbons (Fsp3) is 0.636. The Morgan fingerprint density at radius 3 is 2.00 bits per heavy atom. The van der Waals surface area contributed by atoms with Gasteiger partial charge in [0.25, 0.3) is 0 Å². The number of aliphatic hydroxyl groups excluding tert-OH is 6. The molecule has 0 radical (unpaired) electrons. The molecule has 0 aromatic rings. The maximum absolute atomic E-state index is 11.0. The normalized spacial score (nSPS) is 19.2. The number of nitrogens with one attached hydrogen (secondary N) is 1. The number of aliphatic hydroxyl groups is 6. The predicted octanol–water partition coefficient (Wildman–Crippen LogP) is -3.55. The lowest BCUT2D eigenvalue weighted by Crippen LogP contribution is -2.57. The van der Waals surface area contributed by atoms with Crippen LogP contribution in [0.2, 0.25) is 0 Å². The van der Waals surface area contributed by atoms with E-state index in [-0.39, 0.29) is 0 Å². The maximum atomic E-state index is 11.0. The molecule has 10 heteroatoms. The zero-order chi connectivity index (χ0) is 16.7. The Morgan fingerprint density at radius 2 is 1.62 bits per heavy atom. The van der Waals surface area contributed by atoms with Crippen LogP contribution in [0.1, 0.15) is 6.92 Å². The van der Waals surface area contributed by atoms with Crippen LogP contribution in [0, 0.1) is 0 Å². The number of rotatable bonds is 8. The molecule has 0 aliphatic heterocycles. The minimum atomic E-state index is -1.94. The van der Waals surface area contributed by atoms with E-state index < -0.39 is 54.7 Å². The third-order valence-corrected chi connectivity index (χ3v) is 2.58. The number of carboxylic acids is 1. The van der Waals surface area contributed by atoms with Crippen LogP contribution in [0.5, 0.6) is 0 Å². The lowest BCUT2D eigenvalue weighted by Gasteiger charge is -2.31. The van der Waals surface area contributed by atoms with Crippen molar-refractivity contribution in [2.75, 3.05) is 6.61 Å². The molecule has 0 aliphatic rings. The Bertz CT molecular complexity index is 397. The third kappa shape index (κ3) is 6.06. The van der Waals surface area contributed by atoms with E-state index in [2.05, 4.69) is 0 Å². The van der Waals surface area contributed by atoms with Crippen molar-refractivity contribution in [3.8, 4) is 0 Å². The fourth-order valence-corrected chi connectivity index (χ4v) is 1.49. The van der Waals surface area contributed by atoms with Crippen molar-refractivity contribution in [2.24, 2.45) is 0 Å². The Kier molecular flexibility index (Phi) is 7.84. The molecular weight excluding hydrogens is 290 g/mol. The van der Waals surface area contributed by atoms with Gasteiger partial charge in [-0.3, -0.25) is 4.79 Å². The Morgan fingerprint density at radius 1 is 1.10 bits per heavy atom. The first kappa shape index (κ1) is 19.3. The van der Waals surface area contributed by atoms with Gasteiger partial charge in [0, 0.05) is 6.92 Å². The molecular formula is C11H19NO9. The van der Waals surface area contributed by atoms with Crippen LogP contribution in [0.4, 0.5) is 0 Å². The van der Waals surface area contributed by atoms with Gasteiger partial charge in [-0.1, -0.05) is 0 Å². The predicted molar refractivity (Wildman–Crippen MR) is 67.1 cm³/mol. The van der Waals surface area contributed by atoms with E-state index in [1.165, 1.54) is 0 Å². The van der Waals surface area contributed by atoms with Crippen LogP contribution < -0.4 is 5.32 Å². The summed E-state index contributed by atoms with van der Waals surface area (Å²) in [6, 6.07) is -1.62. The Hall–Kier alpha value is -1.72. The molecule has 0 aromatic heterocycles. The number of aliphatic carboxylic acids is 1. The summed E-state index contributed by atoms with van der Waals surface area (Å²) in [7, 11) is 0. The van der Waals surface area contributed by atoms with Gasteiger partial charge in [0.2, 0.25) is 5.91 Å². The standard InChI is InChI=1S/C11H19NO9/c1-4(14)12-8(5(15)2-6(16)11(20)21)10(19)9(18)7(17)3-13/h2,5,7-10,13,15-19H,3H2,1H3,(H,12,14)(H,20,21)/b6-2-/t5-,7+,8+,9+,10+/m0/s1. The minimum absolute atomic E-state index is 0.435. The average molecular weight is 309 g/mol. The van der Waals surface area contributed by atoms with Crippen molar-refractivity contribution in [1.82, 2.24) is 5.32 Å². The zero-order valence-electron chi connectivity index (χ0n) is 11.1. The summed E-state index contributed by atoms with van der Waals surface area (Å²) in [5.74, 6) is -3.71. The average Bonchev–Trinajstić information content (AvgIpc) is 2.41. The van der Waals surface area contributed by atoms with Crippen LogP contribution in [0.3, 0.4) is 0 Å². The number of carbonyl (C=O) groups is 2. The molecule has 0 aromatic carbocycles. The SMILES string of the molecule is CC(=O)N[C@@H]([C@@H](O)[C@H](O)[C@H](O)CO)[C@@H](O)/C=C(\O)C(=O)O. The van der Waals surface area contributed by atoms with Gasteiger partial charge < -0.3 is 41.1 Å². The van der Waals surface area contributed by atoms with Crippen LogP contribution in [-0.4, -0.2) is 84.7 Å². The molecule has 0 fully saturated rings. The summed E-state index contributed by atoms with van der Waals surface area (Å²) in [5.41, 5.74) is 0. The third-order valence-electron chi connectivity index (χ3n) is 2.58. The molecule has 0 rings (SSSR count). The van der Waals surface area contributed by atoms with Crippen LogP contribution in [-0.2, 0) is 9.59 Å². The molecule has 21 heavy (non-hydrogen) atoms. The van der Waals surface area contributed by atoms with Crippen LogP contribution >= 0.6 is 0 Å². The molecule has 0 heterocycles. The number of carboxylic acid groups (broad SMARTS) is 1. The molecule has 0 saturated heterocycles. The minimum Gasteiger partial charge on any atom is -0.502 e. The van der Waals surface area contributed by atoms with E-state index >= 15 is 0 Å². The fourth-order valence-electron chi connectivity index (χ4n) is 1.49. The maximum Gasteiger partial charge on any atom is 0.370 e. The summed E-state index contributed by atoms with van der Waals surface area (Å²) in [6.07, 6.45) is -7.06. The zero-order valence-corrected chi connectivity index (χ0v) is 11.1. The van der Waals surface area contributed by atoms with Crippen LogP contribution in [0.15, 0.2) is 11.8 Å². The van der Waals surface area contributed by atoms with E-state index in [9.17, 15) is 30.0 Å². The van der Waals surface area contributed by atoms with E-state index in [4.69, 9.17) is 15.3 Å². The van der Waals surface area contributed by atoms with Gasteiger partial charge in [-0.05, 0) is 6.08 Å². The Labute approximate surface area is 119 Å². The van der Waals surface area contributed by atoms with Gasteiger partial charge in [-0.2, -0.15) is 0 Å². The van der Waals surface area contributed by atoms with Gasteiger partial charge in [0.05, 0.1) is 18.8 Å². The molecule has 1 amide bonds. The van der Waals surface area contributed by atoms with Crippen LogP contribution in [0.25, 0.3) is 0 Å². The second-order valence-electron chi connectivity index (χ2n) is 4.31. The summed E-state index contributed by atoms with van der Waals surface area (Å²) < 4.78 is 0. The van der Waals surface area contributed by atoms with Gasteiger partial charge in [-0.15, -0.1) is 0 Å². The molecule has 0 aliphatic carbocycles. The Balaban J connectivity index is 5.23. The van der Waals surface area contributed by atoms with Gasteiger partial charge in [0.1, 0.15) is 18.3 Å². The first-order chi connectivity index (χ1) is 9.61. The molecule has 5 atom stereocenters. The first-order valence-electron chi connectivity index (χ1n) is 5.86. The molecule has 0 saturated carbocycles. The number of carbonyl (C=O) groups excluding carboxylic acids is 1. The molecule has 0 unspecified atom stereocenters. The molecule has 122 valence electrons. The molecule has 8 N–H and O–H groups in total. The van der Waals surface area contributed by atoms with Crippen molar-refractivity contribution in [1.29, 1.82) is 0 Å². The number of hydrogen-bond donors (Lipinski definition) is 8. The van der Waals surface area contributed by atoms with Gasteiger partial charge in [0.15, 0.2) is 5.76 Å². The van der Waals surface area contributed by atoms with Crippen molar-refractivity contribution >= 4 is 11.9 Å². The second kappa shape index (κ2) is 8.54. The highest BCUT2D eigenvalue weighted by Crippen LogP contribution is 2.11. The van der Waals surface area contributed by atoms with Gasteiger partial charge in [-0.25, -0.2) is 4.79 Å². The summed E-state index contributed by atoms with van der Waals surface area (Å²) in [5, 5.41) is 66.5. The van der Waals surface area contributed by atoms with E-state index in [1.54, 1.807) is 0 Å². The topological polar surface area (TPSA) is 188 Å². The summed E-state index contributed by atoms with van der Waals surface area (Å²) in [6.45, 7) is 0.138. The van der Waals surface area contributed by atoms with E-state index in [0.717, 1.165) is 6.92 Å². The quantitative estimate of drug-likeness (QED) is 0.166. The van der Waals surface area contributed by atoms with E-state index in [1.807, 2.05) is 5.32 Å². The summed E-state index contributed by atoms with van der Waals surface area (Å²) in [4.78, 5) is 21.5. The van der Waals surface area contributed by atoms with Crippen molar-refractivity contribution in [3.05, 3.63) is 11.8 Å². The smallest absolute Gasteiger partial charge is 0.370 e. The van der Waals surface area contributed by atoms with Crippen molar-refractivity contribution in [3.63, 3.8) is 0 Å². The van der Waals surface area contributed by atoms with Gasteiger partial charge >= 0.3 is 5.97 Å². The lowest BCUT2D eigenvalue weighted by molar-refractivity contribution is -0.135. The lowest BCUT2D eigenvalue weighted by atomic mass is 9.96. The first-order valence-corrected chi connectivity index (χ1v) is 5.86. The number of amides is 1. The second-order valence-corrected chi connectivity index (χ2v) is 4.31.